The van der Waals surface area contributed by atoms with E-state index in [2.05, 4.69) is 31.0 Å². The van der Waals surface area contributed by atoms with Crippen LogP contribution in [0.1, 0.15) is 17.3 Å². The molecule has 2 aromatic heterocycles. The highest BCUT2D eigenvalue weighted by atomic mass is 32.2. The van der Waals surface area contributed by atoms with E-state index in [1.807, 2.05) is 13.0 Å². The zero-order valence-electron chi connectivity index (χ0n) is 14.0. The van der Waals surface area contributed by atoms with Crippen molar-refractivity contribution in [2.45, 2.75) is 15.6 Å². The summed E-state index contributed by atoms with van der Waals surface area (Å²) in [5.74, 6) is 0.614. The van der Waals surface area contributed by atoms with E-state index < -0.39 is 0 Å². The number of amides is 2. The third kappa shape index (κ3) is 5.99. The number of carbonyl (C=O) groups excluding carboxylic acids is 2. The number of aromatic nitrogens is 4. The molecule has 0 spiro atoms. The maximum absolute atomic E-state index is 12.1. The second-order valence-corrected chi connectivity index (χ2v) is 9.52. The van der Waals surface area contributed by atoms with Crippen molar-refractivity contribution in [3.8, 4) is 0 Å². The van der Waals surface area contributed by atoms with E-state index in [1.165, 1.54) is 34.4 Å². The van der Waals surface area contributed by atoms with Crippen molar-refractivity contribution in [2.24, 2.45) is 0 Å². The van der Waals surface area contributed by atoms with Crippen molar-refractivity contribution in [1.29, 1.82) is 0 Å². The summed E-state index contributed by atoms with van der Waals surface area (Å²) >= 11 is 5.38. The Morgan fingerprint density at radius 3 is 2.22 bits per heavy atom. The quantitative estimate of drug-likeness (QED) is 0.406. The van der Waals surface area contributed by atoms with Crippen LogP contribution in [0.2, 0.25) is 0 Å². The number of benzene rings is 1. The molecule has 2 N–H and O–H groups in total. The molecule has 0 bridgehead atoms. The highest BCUT2D eigenvalue weighted by Gasteiger charge is 2.13. The number of thioether (sulfide) groups is 2. The summed E-state index contributed by atoms with van der Waals surface area (Å²) < 4.78 is 1.41. The predicted octanol–water partition coefficient (Wildman–Crippen LogP) is 3.48. The predicted molar refractivity (Wildman–Crippen MR) is 110 cm³/mol. The van der Waals surface area contributed by atoms with Crippen molar-refractivity contribution >= 4 is 68.3 Å². The summed E-state index contributed by atoms with van der Waals surface area (Å²) in [5.41, 5.74) is 0.541. The van der Waals surface area contributed by atoms with Crippen molar-refractivity contribution in [3.63, 3.8) is 0 Å². The van der Waals surface area contributed by atoms with E-state index in [4.69, 9.17) is 0 Å². The molecule has 12 heteroatoms. The van der Waals surface area contributed by atoms with Crippen molar-refractivity contribution in [2.75, 3.05) is 22.1 Å². The minimum atomic E-state index is -0.252. The topological polar surface area (TPSA) is 110 Å². The molecule has 2 amide bonds. The third-order valence-electron chi connectivity index (χ3n) is 2.91. The van der Waals surface area contributed by atoms with Gasteiger partial charge in [0.2, 0.25) is 16.2 Å². The summed E-state index contributed by atoms with van der Waals surface area (Å²) in [6, 6.07) is 8.85. The van der Waals surface area contributed by atoms with Gasteiger partial charge in [0, 0.05) is 5.56 Å². The number of hydrogen-bond acceptors (Lipinski definition) is 10. The van der Waals surface area contributed by atoms with Gasteiger partial charge in [-0.05, 0) is 17.9 Å². The highest BCUT2D eigenvalue weighted by molar-refractivity contribution is 8.01. The van der Waals surface area contributed by atoms with Crippen LogP contribution in [0, 0.1) is 0 Å². The maximum atomic E-state index is 12.1. The molecular weight excluding hydrogens is 424 g/mol. The van der Waals surface area contributed by atoms with E-state index in [0.29, 0.717) is 20.2 Å². The average molecular weight is 439 g/mol. The van der Waals surface area contributed by atoms with Crippen molar-refractivity contribution in [1.82, 2.24) is 20.4 Å². The van der Waals surface area contributed by atoms with E-state index >= 15 is 0 Å². The smallest absolute Gasteiger partial charge is 0.257 e. The van der Waals surface area contributed by atoms with Crippen LogP contribution in [0.3, 0.4) is 0 Å². The van der Waals surface area contributed by atoms with Gasteiger partial charge in [0.05, 0.1) is 5.75 Å². The molecule has 8 nitrogen and oxygen atoms in total. The molecular formula is C15H14N6O2S4. The summed E-state index contributed by atoms with van der Waals surface area (Å²) in [4.78, 5) is 24.1. The fraction of sp³-hybridized carbons (Fsp3) is 0.200. The zero-order chi connectivity index (χ0) is 19.1. The average Bonchev–Trinajstić information content (AvgIpc) is 3.30. The first-order valence-corrected chi connectivity index (χ1v) is 11.3. The Labute approximate surface area is 171 Å². The lowest BCUT2D eigenvalue weighted by Crippen LogP contribution is -2.13. The van der Waals surface area contributed by atoms with Gasteiger partial charge >= 0.3 is 0 Å². The Morgan fingerprint density at radius 1 is 0.926 bits per heavy atom. The molecule has 0 fully saturated rings. The van der Waals surface area contributed by atoms with Crippen LogP contribution in [0.5, 0.6) is 0 Å². The number of rotatable bonds is 8. The lowest BCUT2D eigenvalue weighted by molar-refractivity contribution is -0.113. The summed E-state index contributed by atoms with van der Waals surface area (Å²) in [7, 11) is 0. The molecule has 3 rings (SSSR count). The number of anilines is 2. The maximum Gasteiger partial charge on any atom is 0.257 e. The van der Waals surface area contributed by atoms with Gasteiger partial charge in [-0.1, -0.05) is 71.3 Å². The molecule has 2 heterocycles. The SMILES string of the molecule is CCSc1nnc(NC(=O)CSc2nnc(NC(=O)c3ccccc3)s2)s1. The van der Waals surface area contributed by atoms with Crippen molar-refractivity contribution in [3.05, 3.63) is 35.9 Å². The lowest BCUT2D eigenvalue weighted by Gasteiger charge is -2.00. The number of hydrogen-bond donors (Lipinski definition) is 2. The molecule has 0 saturated heterocycles. The van der Waals surface area contributed by atoms with Gasteiger partial charge in [0.1, 0.15) is 0 Å². The molecule has 0 aliphatic heterocycles. The van der Waals surface area contributed by atoms with Gasteiger partial charge < -0.3 is 0 Å². The largest absolute Gasteiger partial charge is 0.300 e. The molecule has 0 unspecified atom stereocenters. The molecule has 27 heavy (non-hydrogen) atoms. The second kappa shape index (κ2) is 9.78. The highest BCUT2D eigenvalue weighted by Crippen LogP contribution is 2.27. The van der Waals surface area contributed by atoms with E-state index in [9.17, 15) is 9.59 Å². The summed E-state index contributed by atoms with van der Waals surface area (Å²) in [6.45, 7) is 2.03. The Bertz CT molecular complexity index is 914. The third-order valence-corrected chi connectivity index (χ3v) is 6.74. The fourth-order valence-corrected chi connectivity index (χ4v) is 5.01. The summed E-state index contributed by atoms with van der Waals surface area (Å²) in [6.07, 6.45) is 0. The number of nitrogens with one attached hydrogen (secondary N) is 2. The summed E-state index contributed by atoms with van der Waals surface area (Å²) in [5, 5.41) is 22.1. The molecule has 1 aromatic carbocycles. The standard InChI is InChI=1S/C15H14N6O2S4/c1-2-24-14-20-18-12(26-14)16-10(22)8-25-15-21-19-13(27-15)17-11(23)9-6-4-3-5-7-9/h3-7H,2,8H2,1H3,(H,16,18,22)(H,17,19,23). The molecule has 140 valence electrons. The van der Waals surface area contributed by atoms with Gasteiger partial charge in [0.15, 0.2) is 8.68 Å². The Balaban J connectivity index is 1.47. The van der Waals surface area contributed by atoms with Crippen LogP contribution in [-0.4, -0.2) is 43.7 Å². The molecule has 3 aromatic rings. The van der Waals surface area contributed by atoms with Crippen molar-refractivity contribution < 1.29 is 9.59 Å². The minimum absolute atomic E-state index is 0.164. The van der Waals surface area contributed by atoms with E-state index in [-0.39, 0.29) is 17.6 Å². The van der Waals surface area contributed by atoms with Gasteiger partial charge in [-0.3, -0.25) is 20.2 Å². The van der Waals surface area contributed by atoms with E-state index in [1.54, 1.807) is 36.0 Å². The Morgan fingerprint density at radius 2 is 1.56 bits per heavy atom. The Kier molecular flexibility index (Phi) is 7.15. The van der Waals surface area contributed by atoms with Crippen LogP contribution >= 0.6 is 46.2 Å². The normalized spacial score (nSPS) is 10.6. The number of carbonyl (C=O) groups is 2. The minimum Gasteiger partial charge on any atom is -0.300 e. The van der Waals surface area contributed by atoms with Crippen LogP contribution in [-0.2, 0) is 4.79 Å². The first kappa shape index (κ1) is 19.7. The Hall–Kier alpha value is -2.02. The zero-order valence-corrected chi connectivity index (χ0v) is 17.3. The molecule has 0 aliphatic rings. The van der Waals surface area contributed by atoms with Gasteiger partial charge in [-0.2, -0.15) is 0 Å². The van der Waals surface area contributed by atoms with Crippen LogP contribution in [0.15, 0.2) is 39.0 Å². The van der Waals surface area contributed by atoms with Gasteiger partial charge in [-0.25, -0.2) is 0 Å². The monoisotopic (exact) mass is 438 g/mol. The first-order chi connectivity index (χ1) is 13.1. The lowest BCUT2D eigenvalue weighted by atomic mass is 10.2. The van der Waals surface area contributed by atoms with Crippen LogP contribution in [0.4, 0.5) is 10.3 Å². The molecule has 0 aliphatic carbocycles. The second-order valence-electron chi connectivity index (χ2n) is 4.84. The molecule has 0 radical (unpaired) electrons. The van der Waals surface area contributed by atoms with Gasteiger partial charge in [0.25, 0.3) is 5.91 Å². The first-order valence-electron chi connectivity index (χ1n) is 7.73. The van der Waals surface area contributed by atoms with Crippen LogP contribution in [0.25, 0.3) is 0 Å². The molecule has 0 atom stereocenters. The molecule has 0 saturated carbocycles. The fourth-order valence-electron chi connectivity index (χ4n) is 1.80. The number of nitrogens with zero attached hydrogens (tertiary/aromatic N) is 4. The van der Waals surface area contributed by atoms with E-state index in [0.717, 1.165) is 10.1 Å². The van der Waals surface area contributed by atoms with Crippen LogP contribution < -0.4 is 10.6 Å². The van der Waals surface area contributed by atoms with Gasteiger partial charge in [-0.15, -0.1) is 20.4 Å².